The summed E-state index contributed by atoms with van der Waals surface area (Å²) < 4.78 is 26.8. The van der Waals surface area contributed by atoms with Gasteiger partial charge in [-0.25, -0.2) is 4.39 Å². The molecular formula is C30H30ClF2N. The van der Waals surface area contributed by atoms with E-state index in [0.29, 0.717) is 12.3 Å². The van der Waals surface area contributed by atoms with Gasteiger partial charge in [-0.2, -0.15) is 0 Å². The van der Waals surface area contributed by atoms with Crippen LogP contribution in [0, 0.1) is 11.7 Å². The van der Waals surface area contributed by atoms with E-state index in [1.54, 1.807) is 12.1 Å². The Morgan fingerprint density at radius 3 is 2.47 bits per heavy atom. The molecule has 0 saturated carbocycles. The lowest BCUT2D eigenvalue weighted by Gasteiger charge is -2.39. The fraction of sp³-hybridized carbons (Fsp3) is 0.333. The van der Waals surface area contributed by atoms with E-state index in [2.05, 4.69) is 35.2 Å². The molecule has 176 valence electrons. The molecule has 0 spiro atoms. The average molecular weight is 478 g/mol. The fourth-order valence-corrected chi connectivity index (χ4v) is 5.71. The van der Waals surface area contributed by atoms with Gasteiger partial charge in [-0.15, -0.1) is 0 Å². The van der Waals surface area contributed by atoms with Gasteiger partial charge in [0.15, 0.2) is 0 Å². The number of fused-ring (bicyclic) bond motifs is 1. The van der Waals surface area contributed by atoms with Crippen LogP contribution in [0.2, 0.25) is 5.02 Å². The number of halogens is 3. The van der Waals surface area contributed by atoms with Gasteiger partial charge in [-0.3, -0.25) is 4.39 Å². The van der Waals surface area contributed by atoms with E-state index in [1.807, 2.05) is 24.3 Å². The van der Waals surface area contributed by atoms with E-state index in [4.69, 9.17) is 11.6 Å². The zero-order valence-electron chi connectivity index (χ0n) is 19.4. The van der Waals surface area contributed by atoms with Crippen molar-refractivity contribution in [3.8, 4) is 0 Å². The number of allylic oxidation sites excluding steroid dienone is 1. The Balaban J connectivity index is 1.48. The summed E-state index contributed by atoms with van der Waals surface area (Å²) in [5.41, 5.74) is 7.88. The molecule has 1 fully saturated rings. The number of hydrogen-bond acceptors (Lipinski definition) is 1. The van der Waals surface area contributed by atoms with E-state index < -0.39 is 0 Å². The second kappa shape index (κ2) is 10.4. The number of benzene rings is 3. The van der Waals surface area contributed by atoms with Gasteiger partial charge in [0, 0.05) is 24.7 Å². The Bertz CT molecular complexity index is 1180. The largest absolute Gasteiger partial charge is 0.303 e. The molecule has 1 saturated heterocycles. The van der Waals surface area contributed by atoms with Crippen LogP contribution in [-0.2, 0) is 12.8 Å². The van der Waals surface area contributed by atoms with Gasteiger partial charge >= 0.3 is 0 Å². The molecule has 3 aromatic carbocycles. The van der Waals surface area contributed by atoms with Crippen LogP contribution in [-0.4, -0.2) is 31.2 Å². The summed E-state index contributed by atoms with van der Waals surface area (Å²) in [5.74, 6) is 0.423. The Morgan fingerprint density at radius 1 is 0.912 bits per heavy atom. The first-order valence-corrected chi connectivity index (χ1v) is 12.6. The zero-order chi connectivity index (χ0) is 23.5. The van der Waals surface area contributed by atoms with Crippen LogP contribution < -0.4 is 0 Å². The third kappa shape index (κ3) is 4.96. The maximum atomic E-state index is 14.4. The number of nitrogens with zero attached hydrogens (tertiary/aromatic N) is 1. The molecule has 0 radical (unpaired) electrons. The number of alkyl halides is 1. The van der Waals surface area contributed by atoms with Crippen molar-refractivity contribution < 1.29 is 8.78 Å². The van der Waals surface area contributed by atoms with Crippen molar-refractivity contribution in [1.29, 1.82) is 0 Å². The summed E-state index contributed by atoms with van der Waals surface area (Å²) in [4.78, 5) is 2.33. The molecule has 0 atom stereocenters. The lowest BCUT2D eigenvalue weighted by atomic mass is 9.86. The van der Waals surface area contributed by atoms with Gasteiger partial charge in [-0.05, 0) is 95.2 Å². The summed E-state index contributed by atoms with van der Waals surface area (Å²) in [6.07, 6.45) is 4.49. The molecule has 4 heteroatoms. The van der Waals surface area contributed by atoms with Crippen LogP contribution in [0.25, 0.3) is 11.1 Å². The van der Waals surface area contributed by atoms with E-state index in [9.17, 15) is 8.78 Å². The molecular weight excluding hydrogens is 448 g/mol. The molecule has 5 rings (SSSR count). The molecule has 1 aliphatic carbocycles. The van der Waals surface area contributed by atoms with E-state index in [-0.39, 0.29) is 12.5 Å². The quantitative estimate of drug-likeness (QED) is 0.338. The lowest BCUT2D eigenvalue weighted by molar-refractivity contribution is 0.0968. The monoisotopic (exact) mass is 477 g/mol. The third-order valence-corrected chi connectivity index (χ3v) is 7.45. The van der Waals surface area contributed by atoms with Crippen molar-refractivity contribution in [1.82, 2.24) is 4.90 Å². The average Bonchev–Trinajstić information content (AvgIpc) is 3.00. The topological polar surface area (TPSA) is 3.24 Å². The van der Waals surface area contributed by atoms with Gasteiger partial charge < -0.3 is 4.90 Å². The number of rotatable bonds is 7. The zero-order valence-corrected chi connectivity index (χ0v) is 20.1. The molecule has 34 heavy (non-hydrogen) atoms. The maximum Gasteiger partial charge on any atom is 0.123 e. The van der Waals surface area contributed by atoms with Gasteiger partial charge in [0.2, 0.25) is 0 Å². The van der Waals surface area contributed by atoms with Crippen molar-refractivity contribution in [3.05, 3.63) is 105 Å². The van der Waals surface area contributed by atoms with E-state index >= 15 is 0 Å². The first-order valence-electron chi connectivity index (χ1n) is 12.3. The molecule has 0 N–H and O–H groups in total. The standard InChI is InChI=1S/C30H30ClF2N/c31-29-8-2-1-6-26(29)27-7-3-5-23-13-14-25(33)18-28(23)30(27)24-11-9-21(10-12-24)17-22-19-34(20-22)16-4-15-32/h1-2,6,8-14,18,22H,3-5,7,15-17,19-20H2. The Hall–Kier alpha value is -2.49. The van der Waals surface area contributed by atoms with Crippen LogP contribution in [0.3, 0.4) is 0 Å². The number of aryl methyl sites for hydroxylation is 1. The van der Waals surface area contributed by atoms with Gasteiger partial charge in [0.05, 0.1) is 6.67 Å². The summed E-state index contributed by atoms with van der Waals surface area (Å²) in [7, 11) is 0. The Labute approximate surface area is 206 Å². The van der Waals surface area contributed by atoms with Crippen LogP contribution in [0.5, 0.6) is 0 Å². The summed E-state index contributed by atoms with van der Waals surface area (Å²) >= 11 is 6.64. The van der Waals surface area contributed by atoms with Crippen LogP contribution in [0.1, 0.15) is 47.1 Å². The number of likely N-dealkylation sites (tertiary alicyclic amines) is 1. The number of hydrogen-bond donors (Lipinski definition) is 0. The summed E-state index contributed by atoms with van der Waals surface area (Å²) in [6.45, 7) is 2.73. The lowest BCUT2D eigenvalue weighted by Crippen LogP contribution is -2.47. The van der Waals surface area contributed by atoms with Gasteiger partial charge in [0.1, 0.15) is 5.82 Å². The summed E-state index contributed by atoms with van der Waals surface area (Å²) in [6, 6.07) is 21.9. The summed E-state index contributed by atoms with van der Waals surface area (Å²) in [5, 5.41) is 0.730. The minimum Gasteiger partial charge on any atom is -0.303 e. The van der Waals surface area contributed by atoms with Crippen molar-refractivity contribution in [3.63, 3.8) is 0 Å². The van der Waals surface area contributed by atoms with Crippen molar-refractivity contribution in [2.45, 2.75) is 32.1 Å². The minimum absolute atomic E-state index is 0.212. The highest BCUT2D eigenvalue weighted by Crippen LogP contribution is 2.42. The van der Waals surface area contributed by atoms with Crippen LogP contribution >= 0.6 is 11.6 Å². The molecule has 3 aromatic rings. The van der Waals surface area contributed by atoms with Crippen LogP contribution in [0.4, 0.5) is 8.78 Å². The molecule has 1 aliphatic heterocycles. The highest BCUT2D eigenvalue weighted by atomic mass is 35.5. The molecule has 2 aliphatic rings. The van der Waals surface area contributed by atoms with Gasteiger partial charge in [-0.1, -0.05) is 60.1 Å². The highest BCUT2D eigenvalue weighted by Gasteiger charge is 2.26. The Kier molecular flexibility index (Phi) is 7.12. The SMILES string of the molecule is FCCCN1CC(Cc2ccc(C3=C(c4ccccc4Cl)CCCc4ccc(F)cc43)cc2)C1. The van der Waals surface area contributed by atoms with E-state index in [0.717, 1.165) is 72.6 Å². The van der Waals surface area contributed by atoms with Crippen LogP contribution in [0.15, 0.2) is 66.7 Å². The second-order valence-electron chi connectivity index (χ2n) is 9.56. The smallest absolute Gasteiger partial charge is 0.123 e. The maximum absolute atomic E-state index is 14.4. The first kappa shape index (κ1) is 23.3. The Morgan fingerprint density at radius 2 is 1.71 bits per heavy atom. The van der Waals surface area contributed by atoms with Gasteiger partial charge in [0.25, 0.3) is 0 Å². The molecule has 0 bridgehead atoms. The molecule has 0 unspecified atom stereocenters. The molecule has 1 nitrogen and oxygen atoms in total. The molecule has 1 heterocycles. The van der Waals surface area contributed by atoms with Crippen molar-refractivity contribution in [2.24, 2.45) is 5.92 Å². The second-order valence-corrected chi connectivity index (χ2v) is 9.96. The van der Waals surface area contributed by atoms with E-state index in [1.165, 1.54) is 16.7 Å². The predicted octanol–water partition coefficient (Wildman–Crippen LogP) is 7.61. The molecule has 0 amide bonds. The third-order valence-electron chi connectivity index (χ3n) is 7.12. The van der Waals surface area contributed by atoms with Crippen molar-refractivity contribution in [2.75, 3.05) is 26.3 Å². The molecule has 0 aromatic heterocycles. The van der Waals surface area contributed by atoms with Crippen molar-refractivity contribution >= 4 is 22.7 Å². The predicted molar refractivity (Wildman–Crippen MR) is 137 cm³/mol. The fourth-order valence-electron chi connectivity index (χ4n) is 5.46. The minimum atomic E-state index is -0.234. The first-order chi connectivity index (χ1) is 16.6. The highest BCUT2D eigenvalue weighted by molar-refractivity contribution is 6.32. The normalized spacial score (nSPS) is 16.8.